The highest BCUT2D eigenvalue weighted by Gasteiger charge is 2.05. The normalized spacial score (nSPS) is 8.90. The van der Waals surface area contributed by atoms with Gasteiger partial charge in [0.1, 0.15) is 5.56 Å². The standard InChI is InChI=1S/C7H8N2O/c1-4-6-5(2)8-9-7(6)10-3/h1H,2-3H3,(H,8,9). The molecule has 3 nitrogen and oxygen atoms in total. The molecule has 0 bridgehead atoms. The average molecular weight is 136 g/mol. The highest BCUT2D eigenvalue weighted by molar-refractivity contribution is 5.43. The number of hydrogen-bond acceptors (Lipinski definition) is 2. The summed E-state index contributed by atoms with van der Waals surface area (Å²) in [6.07, 6.45) is 5.18. The van der Waals surface area contributed by atoms with Gasteiger partial charge in [-0.3, -0.25) is 0 Å². The van der Waals surface area contributed by atoms with E-state index >= 15 is 0 Å². The molecule has 10 heavy (non-hydrogen) atoms. The highest BCUT2D eigenvalue weighted by atomic mass is 16.5. The Morgan fingerprint density at radius 1 is 1.70 bits per heavy atom. The molecule has 1 aromatic rings. The molecule has 0 aromatic carbocycles. The molecular weight excluding hydrogens is 128 g/mol. The van der Waals surface area contributed by atoms with E-state index in [1.807, 2.05) is 6.92 Å². The fraction of sp³-hybridized carbons (Fsp3) is 0.286. The minimum absolute atomic E-state index is 0.556. The van der Waals surface area contributed by atoms with Crippen LogP contribution in [0.3, 0.4) is 0 Å². The number of aromatic amines is 1. The SMILES string of the molecule is C#Cc1c(C)n[nH]c1OC. The fourth-order valence-electron chi connectivity index (χ4n) is 0.728. The van der Waals surface area contributed by atoms with Crippen molar-refractivity contribution < 1.29 is 4.74 Å². The van der Waals surface area contributed by atoms with Crippen LogP contribution in [-0.2, 0) is 0 Å². The molecule has 0 atom stereocenters. The molecule has 0 aliphatic heterocycles. The molecule has 1 aromatic heterocycles. The first kappa shape index (κ1) is 6.69. The van der Waals surface area contributed by atoms with Gasteiger partial charge in [0.05, 0.1) is 12.8 Å². The van der Waals surface area contributed by atoms with Crippen LogP contribution in [0.5, 0.6) is 5.88 Å². The minimum Gasteiger partial charge on any atom is -0.480 e. The van der Waals surface area contributed by atoms with Crippen LogP contribution < -0.4 is 4.74 Å². The van der Waals surface area contributed by atoms with E-state index in [9.17, 15) is 0 Å². The molecule has 0 fully saturated rings. The van der Waals surface area contributed by atoms with Crippen molar-refractivity contribution in [3.05, 3.63) is 11.3 Å². The van der Waals surface area contributed by atoms with Gasteiger partial charge in [0.2, 0.25) is 5.88 Å². The second kappa shape index (κ2) is 2.44. The maximum Gasteiger partial charge on any atom is 0.225 e. The fourth-order valence-corrected chi connectivity index (χ4v) is 0.728. The molecule has 1 heterocycles. The molecule has 0 spiro atoms. The van der Waals surface area contributed by atoms with E-state index in [1.165, 1.54) is 0 Å². The topological polar surface area (TPSA) is 37.9 Å². The van der Waals surface area contributed by atoms with Gasteiger partial charge in [-0.15, -0.1) is 6.42 Å². The van der Waals surface area contributed by atoms with E-state index in [-0.39, 0.29) is 0 Å². The van der Waals surface area contributed by atoms with Crippen molar-refractivity contribution in [2.75, 3.05) is 7.11 Å². The van der Waals surface area contributed by atoms with Crippen LogP contribution in [0.1, 0.15) is 11.3 Å². The van der Waals surface area contributed by atoms with Crippen molar-refractivity contribution in [1.82, 2.24) is 10.2 Å². The summed E-state index contributed by atoms with van der Waals surface area (Å²) in [6.45, 7) is 1.83. The van der Waals surface area contributed by atoms with Crippen molar-refractivity contribution in [1.29, 1.82) is 0 Å². The van der Waals surface area contributed by atoms with Gasteiger partial charge >= 0.3 is 0 Å². The Kier molecular flexibility index (Phi) is 1.63. The van der Waals surface area contributed by atoms with Gasteiger partial charge in [-0.25, -0.2) is 5.10 Å². The lowest BCUT2D eigenvalue weighted by atomic mass is 10.3. The van der Waals surface area contributed by atoms with Crippen LogP contribution in [0.4, 0.5) is 0 Å². The number of aryl methyl sites for hydroxylation is 1. The molecular formula is C7H8N2O. The van der Waals surface area contributed by atoms with E-state index in [4.69, 9.17) is 11.2 Å². The second-order valence-corrected chi connectivity index (χ2v) is 1.86. The molecule has 0 amide bonds. The molecule has 0 aliphatic carbocycles. The highest BCUT2D eigenvalue weighted by Crippen LogP contribution is 2.15. The first-order valence-electron chi connectivity index (χ1n) is 2.85. The number of ether oxygens (including phenoxy) is 1. The lowest BCUT2D eigenvalue weighted by molar-refractivity contribution is 0.396. The van der Waals surface area contributed by atoms with Crippen LogP contribution in [0, 0.1) is 19.3 Å². The number of methoxy groups -OCH3 is 1. The van der Waals surface area contributed by atoms with E-state index in [1.54, 1.807) is 7.11 Å². The lowest BCUT2D eigenvalue weighted by Gasteiger charge is -1.92. The molecule has 0 saturated heterocycles. The monoisotopic (exact) mass is 136 g/mol. The largest absolute Gasteiger partial charge is 0.480 e. The summed E-state index contributed by atoms with van der Waals surface area (Å²) >= 11 is 0. The Labute approximate surface area is 59.4 Å². The first-order valence-corrected chi connectivity index (χ1v) is 2.85. The van der Waals surface area contributed by atoms with Gasteiger partial charge in [0, 0.05) is 0 Å². The lowest BCUT2D eigenvalue weighted by Crippen LogP contribution is -1.84. The summed E-state index contributed by atoms with van der Waals surface area (Å²) in [7, 11) is 1.55. The second-order valence-electron chi connectivity index (χ2n) is 1.86. The van der Waals surface area contributed by atoms with Gasteiger partial charge in [0.15, 0.2) is 0 Å². The van der Waals surface area contributed by atoms with Crippen molar-refractivity contribution in [2.45, 2.75) is 6.92 Å². The predicted molar refractivity (Wildman–Crippen MR) is 37.8 cm³/mol. The number of rotatable bonds is 1. The first-order chi connectivity index (χ1) is 4.79. The van der Waals surface area contributed by atoms with Crippen molar-refractivity contribution >= 4 is 0 Å². The number of nitrogens with one attached hydrogen (secondary N) is 1. The van der Waals surface area contributed by atoms with E-state index in [2.05, 4.69) is 16.1 Å². The zero-order chi connectivity index (χ0) is 7.56. The summed E-state index contributed by atoms with van der Waals surface area (Å²) in [6, 6.07) is 0. The summed E-state index contributed by atoms with van der Waals surface area (Å²) < 4.78 is 4.90. The molecule has 1 rings (SSSR count). The quantitative estimate of drug-likeness (QED) is 0.577. The van der Waals surface area contributed by atoms with Crippen molar-refractivity contribution in [3.63, 3.8) is 0 Å². The number of H-pyrrole nitrogens is 1. The van der Waals surface area contributed by atoms with E-state index in [0.717, 1.165) is 5.69 Å². The Morgan fingerprint density at radius 2 is 2.40 bits per heavy atom. The molecule has 52 valence electrons. The van der Waals surface area contributed by atoms with Gasteiger partial charge < -0.3 is 4.74 Å². The smallest absolute Gasteiger partial charge is 0.225 e. The molecule has 1 N–H and O–H groups in total. The maximum atomic E-state index is 5.18. The van der Waals surface area contributed by atoms with E-state index in [0.29, 0.717) is 11.4 Å². The van der Waals surface area contributed by atoms with Crippen LogP contribution in [-0.4, -0.2) is 17.3 Å². The number of hydrogen-bond donors (Lipinski definition) is 1. The van der Waals surface area contributed by atoms with Gasteiger partial charge in [-0.05, 0) is 6.92 Å². The summed E-state index contributed by atoms with van der Waals surface area (Å²) in [5.74, 6) is 3.03. The Balaban J connectivity index is 3.17. The van der Waals surface area contributed by atoms with Gasteiger partial charge in [-0.1, -0.05) is 5.92 Å². The summed E-state index contributed by atoms with van der Waals surface area (Å²) in [5.41, 5.74) is 1.49. The Hall–Kier alpha value is -1.43. The summed E-state index contributed by atoms with van der Waals surface area (Å²) in [4.78, 5) is 0. The van der Waals surface area contributed by atoms with Crippen LogP contribution in [0.2, 0.25) is 0 Å². The maximum absolute atomic E-state index is 5.18. The third-order valence-electron chi connectivity index (χ3n) is 1.26. The zero-order valence-corrected chi connectivity index (χ0v) is 5.93. The number of nitrogens with zero attached hydrogens (tertiary/aromatic N) is 1. The van der Waals surface area contributed by atoms with Crippen LogP contribution in [0.15, 0.2) is 0 Å². The Morgan fingerprint density at radius 3 is 2.80 bits per heavy atom. The molecule has 3 heteroatoms. The van der Waals surface area contributed by atoms with Crippen LogP contribution in [0.25, 0.3) is 0 Å². The molecule has 0 unspecified atom stereocenters. The minimum atomic E-state index is 0.556. The third kappa shape index (κ3) is 0.841. The van der Waals surface area contributed by atoms with Crippen LogP contribution >= 0.6 is 0 Å². The molecule has 0 saturated carbocycles. The van der Waals surface area contributed by atoms with Crippen molar-refractivity contribution in [3.8, 4) is 18.2 Å². The number of aromatic nitrogens is 2. The van der Waals surface area contributed by atoms with Crippen molar-refractivity contribution in [2.24, 2.45) is 0 Å². The predicted octanol–water partition coefficient (Wildman–Crippen LogP) is 0.708. The molecule has 0 radical (unpaired) electrons. The average Bonchev–Trinajstić information content (AvgIpc) is 2.30. The summed E-state index contributed by atoms with van der Waals surface area (Å²) in [5, 5.41) is 6.53. The third-order valence-corrected chi connectivity index (χ3v) is 1.26. The van der Waals surface area contributed by atoms with E-state index < -0.39 is 0 Å². The Bertz CT molecular complexity index is 270. The molecule has 0 aliphatic rings. The van der Waals surface area contributed by atoms with Gasteiger partial charge in [-0.2, -0.15) is 5.10 Å². The van der Waals surface area contributed by atoms with Gasteiger partial charge in [0.25, 0.3) is 0 Å². The zero-order valence-electron chi connectivity index (χ0n) is 5.93. The number of terminal acetylenes is 1.